The number of hydrogen-bond acceptors (Lipinski definition) is 0. The number of aromatic nitrogens is 1. The van der Waals surface area contributed by atoms with Gasteiger partial charge in [0.1, 0.15) is 5.82 Å². The lowest BCUT2D eigenvalue weighted by Crippen LogP contribution is -2.01. The number of benzene rings is 2. The Hall–Kier alpha value is -2.09. The minimum atomic E-state index is -0.102. The summed E-state index contributed by atoms with van der Waals surface area (Å²) in [5.74, 6) is -0.102. The lowest BCUT2D eigenvalue weighted by molar-refractivity contribution is 0.593. The summed E-state index contributed by atoms with van der Waals surface area (Å²) in [6.45, 7) is 2.37. The van der Waals surface area contributed by atoms with Gasteiger partial charge in [0.05, 0.1) is 6.54 Å². The molecule has 2 aromatic carbocycles. The first kappa shape index (κ1) is 11.0. The van der Waals surface area contributed by atoms with E-state index in [-0.39, 0.29) is 5.82 Å². The van der Waals surface area contributed by atoms with Crippen LogP contribution in [0, 0.1) is 12.7 Å². The van der Waals surface area contributed by atoms with Crippen molar-refractivity contribution in [1.82, 2.24) is 4.57 Å². The first-order valence-corrected chi connectivity index (χ1v) is 6.03. The second-order valence-corrected chi connectivity index (χ2v) is 4.55. The van der Waals surface area contributed by atoms with Crippen LogP contribution in [0.15, 0.2) is 54.7 Å². The molecule has 3 rings (SSSR count). The van der Waals surface area contributed by atoms with Crippen molar-refractivity contribution >= 4 is 10.9 Å². The van der Waals surface area contributed by atoms with Crippen molar-refractivity contribution in [3.63, 3.8) is 0 Å². The van der Waals surface area contributed by atoms with E-state index in [1.54, 1.807) is 13.0 Å². The van der Waals surface area contributed by atoms with Crippen LogP contribution >= 0.6 is 0 Å². The molecule has 0 radical (unpaired) electrons. The summed E-state index contributed by atoms with van der Waals surface area (Å²) in [5, 5.41) is 1.19. The van der Waals surface area contributed by atoms with Gasteiger partial charge in [-0.05, 0) is 30.0 Å². The smallest absolute Gasteiger partial charge is 0.131 e. The number of rotatable bonds is 2. The van der Waals surface area contributed by atoms with Crippen LogP contribution in [0.4, 0.5) is 4.39 Å². The van der Waals surface area contributed by atoms with Crippen LogP contribution in [-0.4, -0.2) is 4.57 Å². The first-order chi connectivity index (χ1) is 8.75. The molecule has 1 aromatic heterocycles. The summed E-state index contributed by atoms with van der Waals surface area (Å²) in [4.78, 5) is 0. The summed E-state index contributed by atoms with van der Waals surface area (Å²) >= 11 is 0. The van der Waals surface area contributed by atoms with E-state index < -0.39 is 0 Å². The molecular weight excluding hydrogens is 225 g/mol. The molecule has 0 aliphatic heterocycles. The van der Waals surface area contributed by atoms with E-state index in [1.807, 2.05) is 30.5 Å². The maximum absolute atomic E-state index is 14.0. The molecule has 0 unspecified atom stereocenters. The van der Waals surface area contributed by atoms with Crippen molar-refractivity contribution in [3.05, 3.63) is 71.7 Å². The average molecular weight is 239 g/mol. The molecule has 0 aliphatic carbocycles. The van der Waals surface area contributed by atoms with Gasteiger partial charge in [0.25, 0.3) is 0 Å². The van der Waals surface area contributed by atoms with Crippen LogP contribution < -0.4 is 0 Å². The second kappa shape index (κ2) is 4.30. The van der Waals surface area contributed by atoms with E-state index in [4.69, 9.17) is 0 Å². The molecule has 0 amide bonds. The van der Waals surface area contributed by atoms with Crippen molar-refractivity contribution in [2.24, 2.45) is 0 Å². The maximum atomic E-state index is 14.0. The van der Waals surface area contributed by atoms with Crippen molar-refractivity contribution in [2.45, 2.75) is 13.5 Å². The summed E-state index contributed by atoms with van der Waals surface area (Å²) in [6, 6.07) is 15.7. The lowest BCUT2D eigenvalue weighted by atomic mass is 10.1. The van der Waals surface area contributed by atoms with Crippen LogP contribution in [0.25, 0.3) is 10.9 Å². The van der Waals surface area contributed by atoms with E-state index in [0.29, 0.717) is 12.1 Å². The van der Waals surface area contributed by atoms with E-state index in [1.165, 1.54) is 5.39 Å². The molecular formula is C16H14FN. The number of halogens is 1. The van der Waals surface area contributed by atoms with E-state index in [2.05, 4.69) is 22.8 Å². The van der Waals surface area contributed by atoms with Crippen LogP contribution in [-0.2, 0) is 6.54 Å². The predicted molar refractivity (Wildman–Crippen MR) is 72.2 cm³/mol. The third-order valence-electron chi connectivity index (χ3n) is 3.29. The molecule has 18 heavy (non-hydrogen) atoms. The first-order valence-electron chi connectivity index (χ1n) is 6.03. The summed E-state index contributed by atoms with van der Waals surface area (Å²) in [7, 11) is 0. The molecule has 0 spiro atoms. The standard InChI is InChI=1S/C16H14FN/c1-12-5-4-7-14(16(12)17)11-18-10-9-13-6-2-3-8-15(13)18/h2-10H,11H2,1H3. The molecule has 0 saturated heterocycles. The number of fused-ring (bicyclic) bond motifs is 1. The summed E-state index contributed by atoms with van der Waals surface area (Å²) < 4.78 is 16.1. The van der Waals surface area contributed by atoms with Gasteiger partial charge in [-0.3, -0.25) is 0 Å². The zero-order chi connectivity index (χ0) is 12.5. The molecule has 0 N–H and O–H groups in total. The number of hydrogen-bond donors (Lipinski definition) is 0. The summed E-state index contributed by atoms with van der Waals surface area (Å²) in [6.07, 6.45) is 2.01. The van der Waals surface area contributed by atoms with Gasteiger partial charge in [-0.15, -0.1) is 0 Å². The number of aryl methyl sites for hydroxylation is 1. The molecule has 0 bridgehead atoms. The Morgan fingerprint density at radius 2 is 1.83 bits per heavy atom. The molecule has 1 heterocycles. The molecule has 0 fully saturated rings. The van der Waals surface area contributed by atoms with Crippen molar-refractivity contribution in [3.8, 4) is 0 Å². The molecule has 90 valence electrons. The Bertz CT molecular complexity index is 697. The van der Waals surface area contributed by atoms with Crippen molar-refractivity contribution in [1.29, 1.82) is 0 Å². The second-order valence-electron chi connectivity index (χ2n) is 4.55. The fourth-order valence-electron chi connectivity index (χ4n) is 2.29. The van der Waals surface area contributed by atoms with Gasteiger partial charge in [-0.1, -0.05) is 36.4 Å². The molecule has 2 heteroatoms. The van der Waals surface area contributed by atoms with Gasteiger partial charge in [-0.2, -0.15) is 0 Å². The van der Waals surface area contributed by atoms with Crippen molar-refractivity contribution < 1.29 is 4.39 Å². The molecule has 0 atom stereocenters. The Morgan fingerprint density at radius 3 is 2.72 bits per heavy atom. The Labute approximate surface area is 105 Å². The highest BCUT2D eigenvalue weighted by Gasteiger charge is 2.06. The monoisotopic (exact) mass is 239 g/mol. The topological polar surface area (TPSA) is 4.93 Å². The summed E-state index contributed by atoms with van der Waals surface area (Å²) in [5.41, 5.74) is 2.57. The van der Waals surface area contributed by atoms with Crippen molar-refractivity contribution in [2.75, 3.05) is 0 Å². The largest absolute Gasteiger partial charge is 0.343 e. The fraction of sp³-hybridized carbons (Fsp3) is 0.125. The van der Waals surface area contributed by atoms with Gasteiger partial charge in [0.15, 0.2) is 0 Å². The quantitative estimate of drug-likeness (QED) is 0.633. The zero-order valence-electron chi connectivity index (χ0n) is 10.2. The van der Waals surface area contributed by atoms with Crippen LogP contribution in [0.5, 0.6) is 0 Å². The van der Waals surface area contributed by atoms with Crippen LogP contribution in [0.3, 0.4) is 0 Å². The molecule has 1 nitrogen and oxygen atoms in total. The maximum Gasteiger partial charge on any atom is 0.131 e. The Morgan fingerprint density at radius 1 is 1.00 bits per heavy atom. The molecule has 3 aromatic rings. The van der Waals surface area contributed by atoms with Crippen LogP contribution in [0.1, 0.15) is 11.1 Å². The van der Waals surface area contributed by atoms with Gasteiger partial charge in [0, 0.05) is 17.3 Å². The highest BCUT2D eigenvalue weighted by atomic mass is 19.1. The highest BCUT2D eigenvalue weighted by Crippen LogP contribution is 2.19. The predicted octanol–water partition coefficient (Wildman–Crippen LogP) is 4.14. The number of nitrogens with zero attached hydrogens (tertiary/aromatic N) is 1. The molecule has 0 aliphatic rings. The van der Waals surface area contributed by atoms with Crippen LogP contribution in [0.2, 0.25) is 0 Å². The highest BCUT2D eigenvalue weighted by molar-refractivity contribution is 5.80. The fourth-order valence-corrected chi connectivity index (χ4v) is 2.29. The Kier molecular flexibility index (Phi) is 2.63. The SMILES string of the molecule is Cc1cccc(Cn2ccc3ccccc32)c1F. The average Bonchev–Trinajstić information content (AvgIpc) is 2.79. The minimum Gasteiger partial charge on any atom is -0.343 e. The normalized spacial score (nSPS) is 11.0. The third kappa shape index (κ3) is 1.80. The molecule has 0 saturated carbocycles. The van der Waals surface area contributed by atoms with E-state index in [9.17, 15) is 4.39 Å². The minimum absolute atomic E-state index is 0.102. The van der Waals surface area contributed by atoms with Gasteiger partial charge in [-0.25, -0.2) is 4.39 Å². The zero-order valence-corrected chi connectivity index (χ0v) is 10.2. The van der Waals surface area contributed by atoms with E-state index >= 15 is 0 Å². The van der Waals surface area contributed by atoms with Gasteiger partial charge in [0.2, 0.25) is 0 Å². The van der Waals surface area contributed by atoms with Gasteiger partial charge < -0.3 is 4.57 Å². The van der Waals surface area contributed by atoms with E-state index in [0.717, 1.165) is 11.1 Å². The third-order valence-corrected chi connectivity index (χ3v) is 3.29. The number of para-hydroxylation sites is 1. The van der Waals surface area contributed by atoms with Gasteiger partial charge >= 0.3 is 0 Å². The Balaban J connectivity index is 2.04. The lowest BCUT2D eigenvalue weighted by Gasteiger charge is -2.08.